The van der Waals surface area contributed by atoms with Gasteiger partial charge >= 0.3 is 36.5 Å². The Morgan fingerprint density at radius 1 is 0.952 bits per heavy atom. The summed E-state index contributed by atoms with van der Waals surface area (Å²) in [6.45, 7) is 0. The highest BCUT2D eigenvalue weighted by Crippen LogP contribution is 2.34. The van der Waals surface area contributed by atoms with Gasteiger partial charge in [0.15, 0.2) is 5.82 Å². The van der Waals surface area contributed by atoms with Crippen molar-refractivity contribution in [1.29, 1.82) is 0 Å². The molecule has 4 aromatic rings. The van der Waals surface area contributed by atoms with Crippen LogP contribution < -0.4 is 10.2 Å². The van der Waals surface area contributed by atoms with Crippen molar-refractivity contribution in [2.75, 3.05) is 17.3 Å². The molecule has 0 bridgehead atoms. The Kier molecular flexibility index (Phi) is 10.4. The Morgan fingerprint density at radius 2 is 1.52 bits per heavy atom. The van der Waals surface area contributed by atoms with Crippen LogP contribution in [0.4, 0.5) is 55.1 Å². The number of carbonyl (C=O) groups excluding carboxylic acids is 1. The number of benzene rings is 1. The van der Waals surface area contributed by atoms with E-state index in [1.54, 1.807) is 23.7 Å². The first-order valence-corrected chi connectivity index (χ1v) is 11.9. The van der Waals surface area contributed by atoms with E-state index in [1.807, 2.05) is 5.38 Å². The van der Waals surface area contributed by atoms with Crippen LogP contribution in [0.3, 0.4) is 0 Å². The number of aromatic amines is 1. The molecule has 12 nitrogen and oxygen atoms in total. The van der Waals surface area contributed by atoms with Gasteiger partial charge in [-0.1, -0.05) is 11.3 Å². The van der Waals surface area contributed by atoms with E-state index in [9.17, 15) is 44.3 Å². The summed E-state index contributed by atoms with van der Waals surface area (Å²) in [5, 5.41) is 23.9. The van der Waals surface area contributed by atoms with E-state index in [1.165, 1.54) is 18.4 Å². The minimum absolute atomic E-state index is 0.170. The van der Waals surface area contributed by atoms with Crippen molar-refractivity contribution in [2.45, 2.75) is 18.5 Å². The number of rotatable bonds is 3. The predicted molar refractivity (Wildman–Crippen MR) is 127 cm³/mol. The number of aromatic nitrogens is 5. The average Bonchev–Trinajstić information content (AvgIpc) is 3.63. The van der Waals surface area contributed by atoms with Gasteiger partial charge in [0, 0.05) is 18.1 Å². The van der Waals surface area contributed by atoms with Gasteiger partial charge in [-0.3, -0.25) is 4.90 Å². The van der Waals surface area contributed by atoms with E-state index in [0.29, 0.717) is 22.7 Å². The van der Waals surface area contributed by atoms with Gasteiger partial charge in [-0.2, -0.15) is 39.5 Å². The fraction of sp³-hybridized carbons (Fsp3) is 0.211. The molecule has 3 aromatic heterocycles. The van der Waals surface area contributed by atoms with Crippen LogP contribution in [0.1, 0.15) is 5.01 Å². The van der Waals surface area contributed by atoms with Crippen molar-refractivity contribution >= 4 is 62.5 Å². The normalized spacial score (nSPS) is 11.6. The number of nitrogens with zero attached hydrogens (tertiary/aromatic N) is 5. The Labute approximate surface area is 233 Å². The highest BCUT2D eigenvalue weighted by atomic mass is 32.1. The van der Waals surface area contributed by atoms with E-state index in [4.69, 9.17) is 19.8 Å². The molecule has 0 spiro atoms. The van der Waals surface area contributed by atoms with Crippen LogP contribution in [-0.2, 0) is 15.8 Å². The molecule has 0 aliphatic rings. The Balaban J connectivity index is 0.000000367. The number of halogens is 9. The van der Waals surface area contributed by atoms with Gasteiger partial charge in [-0.05, 0) is 18.2 Å². The summed E-state index contributed by atoms with van der Waals surface area (Å²) in [4.78, 5) is 42.8. The topological polar surface area (TPSA) is 174 Å². The number of hydrogen-bond donors (Lipinski definition) is 4. The summed E-state index contributed by atoms with van der Waals surface area (Å²) in [7, 11) is 1.31. The predicted octanol–water partition coefficient (Wildman–Crippen LogP) is 5.49. The number of carboxylic acid groups (broad SMARTS) is 2. The highest BCUT2D eigenvalue weighted by molar-refractivity contribution is 7.15. The fourth-order valence-electron chi connectivity index (χ4n) is 2.29. The summed E-state index contributed by atoms with van der Waals surface area (Å²) in [5.41, 5.74) is 4.21. The Hall–Kier alpha value is -4.54. The number of aliphatic carboxylic acids is 2. The van der Waals surface area contributed by atoms with Gasteiger partial charge in [0.05, 0.1) is 16.5 Å². The third-order valence-electron chi connectivity index (χ3n) is 4.14. The molecule has 3 heterocycles. The molecule has 2 amide bonds. The van der Waals surface area contributed by atoms with Crippen LogP contribution in [0.2, 0.25) is 0 Å². The first kappa shape index (κ1) is 33.7. The number of carboxylic acids is 2. The van der Waals surface area contributed by atoms with Crippen LogP contribution in [0, 0.1) is 0 Å². The van der Waals surface area contributed by atoms with Crippen molar-refractivity contribution in [3.8, 4) is 11.5 Å². The van der Waals surface area contributed by atoms with E-state index < -0.39 is 41.5 Å². The number of carbonyl (C=O) groups is 3. The zero-order valence-electron chi connectivity index (χ0n) is 20.0. The minimum atomic E-state index is -5.08. The first-order chi connectivity index (χ1) is 19.2. The molecule has 0 unspecified atom stereocenters. The minimum Gasteiger partial charge on any atom is -0.475 e. The number of anilines is 2. The first-order valence-electron chi connectivity index (χ1n) is 10.1. The number of urea groups is 1. The van der Waals surface area contributed by atoms with Gasteiger partial charge < -0.3 is 20.5 Å². The maximum Gasteiger partial charge on any atom is 0.490 e. The monoisotopic (exact) mass is 653 g/mol. The molecule has 0 saturated carbocycles. The smallest absolute Gasteiger partial charge is 0.475 e. The Morgan fingerprint density at radius 3 is 1.98 bits per heavy atom. The molecule has 0 fully saturated rings. The lowest BCUT2D eigenvalue weighted by Crippen LogP contribution is -2.31. The number of fused-ring (bicyclic) bond motifs is 1. The third-order valence-corrected chi connectivity index (χ3v) is 5.77. The number of amides is 2. The van der Waals surface area contributed by atoms with Gasteiger partial charge in [-0.15, -0.1) is 21.5 Å². The molecule has 228 valence electrons. The molecular formula is C19H12F9N7O5S2. The molecule has 1 aromatic carbocycles. The molecule has 0 aliphatic heterocycles. The van der Waals surface area contributed by atoms with Crippen molar-refractivity contribution in [1.82, 2.24) is 25.1 Å². The van der Waals surface area contributed by atoms with Crippen molar-refractivity contribution in [2.24, 2.45) is 0 Å². The lowest BCUT2D eigenvalue weighted by Gasteiger charge is -2.14. The lowest BCUT2D eigenvalue weighted by atomic mass is 10.3. The summed E-state index contributed by atoms with van der Waals surface area (Å²) in [6.07, 6.45) is -14.8. The highest BCUT2D eigenvalue weighted by Gasteiger charge is 2.39. The van der Waals surface area contributed by atoms with Crippen LogP contribution in [0.25, 0.3) is 22.6 Å². The van der Waals surface area contributed by atoms with Crippen LogP contribution in [0.15, 0.2) is 29.1 Å². The summed E-state index contributed by atoms with van der Waals surface area (Å²) >= 11 is 1.73. The number of alkyl halides is 9. The SMILES string of the molecule is CN(C(=O)Nc1ccc2[nH]c(-c3cscn3)nc2c1)c1nnc(C(F)(F)F)s1.O=C(O)C(F)(F)F.O=C(O)C(F)(F)F. The number of H-pyrrole nitrogens is 1. The molecule has 0 saturated heterocycles. The quantitative estimate of drug-likeness (QED) is 0.209. The van der Waals surface area contributed by atoms with Gasteiger partial charge in [0.2, 0.25) is 10.1 Å². The molecule has 4 N–H and O–H groups in total. The van der Waals surface area contributed by atoms with Crippen LogP contribution >= 0.6 is 22.7 Å². The Bertz CT molecular complexity index is 1510. The standard InChI is InChI=1S/C15H10F3N7OS2.2C2HF3O2/c1-25(14-24-23-12(28-14)15(16,17)18)13(26)20-7-2-3-8-9(4-7)22-11(21-8)10-5-27-6-19-10;2*3-2(4,5)1(6)7/h2-6H,1H3,(H,20,26)(H,21,22);2*(H,6,7). The molecule has 0 aliphatic carbocycles. The zero-order valence-corrected chi connectivity index (χ0v) is 21.6. The lowest BCUT2D eigenvalue weighted by molar-refractivity contribution is -0.193. The molecule has 0 radical (unpaired) electrons. The number of nitrogens with one attached hydrogen (secondary N) is 2. The van der Waals surface area contributed by atoms with Gasteiger partial charge in [0.1, 0.15) is 5.69 Å². The second-order valence-corrected chi connectivity index (χ2v) is 8.85. The van der Waals surface area contributed by atoms with Gasteiger partial charge in [0.25, 0.3) is 0 Å². The maximum atomic E-state index is 12.6. The summed E-state index contributed by atoms with van der Waals surface area (Å²) in [6, 6.07) is 4.38. The number of thiazole rings is 1. The van der Waals surface area contributed by atoms with E-state index in [-0.39, 0.29) is 16.5 Å². The molecular weight excluding hydrogens is 641 g/mol. The second-order valence-electron chi connectivity index (χ2n) is 7.17. The molecule has 0 atom stereocenters. The maximum absolute atomic E-state index is 12.6. The zero-order chi connectivity index (χ0) is 32.0. The van der Waals surface area contributed by atoms with Crippen molar-refractivity contribution in [3.05, 3.63) is 34.1 Å². The largest absolute Gasteiger partial charge is 0.490 e. The van der Waals surface area contributed by atoms with Crippen molar-refractivity contribution < 1.29 is 64.1 Å². The third kappa shape index (κ3) is 9.53. The number of hydrogen-bond acceptors (Lipinski definition) is 9. The van der Waals surface area contributed by atoms with E-state index >= 15 is 0 Å². The van der Waals surface area contributed by atoms with Crippen LogP contribution in [-0.4, -0.2) is 72.7 Å². The second kappa shape index (κ2) is 13.0. The summed E-state index contributed by atoms with van der Waals surface area (Å²) in [5.74, 6) is -4.91. The van der Waals surface area contributed by atoms with Crippen LogP contribution in [0.5, 0.6) is 0 Å². The van der Waals surface area contributed by atoms with Crippen molar-refractivity contribution in [3.63, 3.8) is 0 Å². The summed E-state index contributed by atoms with van der Waals surface area (Å²) < 4.78 is 101. The van der Waals surface area contributed by atoms with Gasteiger partial charge in [-0.25, -0.2) is 24.4 Å². The molecule has 23 heteroatoms. The fourth-order valence-corrected chi connectivity index (χ4v) is 3.50. The number of imidazole rings is 1. The van der Waals surface area contributed by atoms with E-state index in [2.05, 4.69) is 30.5 Å². The molecule has 42 heavy (non-hydrogen) atoms. The average molecular weight is 653 g/mol. The van der Waals surface area contributed by atoms with E-state index in [0.717, 1.165) is 10.4 Å². The molecule has 4 rings (SSSR count).